The van der Waals surface area contributed by atoms with Crippen LogP contribution in [-0.4, -0.2) is 23.6 Å². The number of nitrogens with one attached hydrogen (secondary N) is 1. The zero-order valence-corrected chi connectivity index (χ0v) is 5.55. The first-order valence-electron chi connectivity index (χ1n) is 2.69. The molecule has 0 aromatic carbocycles. The Balaban J connectivity index is 3.74. The van der Waals surface area contributed by atoms with E-state index in [0.717, 1.165) is 0 Å². The standard InChI is InChI=1S/C5H10N2O2/c1-3-7(6)5(8)9-4-2/h3,6H,4H2,1-2H3. The molecule has 0 aliphatic heterocycles. The number of amides is 1. The van der Waals surface area contributed by atoms with Crippen molar-refractivity contribution in [3.05, 3.63) is 5.84 Å². The largest absolute Gasteiger partial charge is 0.591 e. The number of hydrogen-bond donors (Lipinski definition) is 0. The third kappa shape index (κ3) is 2.69. The van der Waals surface area contributed by atoms with Gasteiger partial charge < -0.3 is 10.6 Å². The van der Waals surface area contributed by atoms with E-state index >= 15 is 0 Å². The van der Waals surface area contributed by atoms with E-state index in [4.69, 9.17) is 5.84 Å². The SMILES string of the molecule is CC=[N+]([NH-])C(=O)OCC. The molecular formula is C5H10N2O2. The fourth-order valence-electron chi connectivity index (χ4n) is 0.298. The summed E-state index contributed by atoms with van der Waals surface area (Å²) in [5.41, 5.74) is 0. The van der Waals surface area contributed by atoms with Crippen molar-refractivity contribution in [3.63, 3.8) is 0 Å². The van der Waals surface area contributed by atoms with Crippen LogP contribution in [0, 0.1) is 0 Å². The molecule has 9 heavy (non-hydrogen) atoms. The van der Waals surface area contributed by atoms with Gasteiger partial charge in [0.2, 0.25) is 0 Å². The van der Waals surface area contributed by atoms with E-state index in [1.807, 2.05) is 0 Å². The van der Waals surface area contributed by atoms with Gasteiger partial charge in [-0.2, -0.15) is 9.48 Å². The van der Waals surface area contributed by atoms with Crippen molar-refractivity contribution in [2.75, 3.05) is 6.61 Å². The van der Waals surface area contributed by atoms with Crippen LogP contribution in [-0.2, 0) is 4.74 Å². The van der Waals surface area contributed by atoms with Crippen molar-refractivity contribution in [3.8, 4) is 0 Å². The van der Waals surface area contributed by atoms with Crippen molar-refractivity contribution in [1.82, 2.24) is 0 Å². The molecular weight excluding hydrogens is 120 g/mol. The third-order valence-electron chi connectivity index (χ3n) is 0.723. The number of carbonyl (C=O) groups is 1. The van der Waals surface area contributed by atoms with Crippen LogP contribution < -0.4 is 0 Å². The Kier molecular flexibility index (Phi) is 3.43. The molecule has 0 heterocycles. The molecule has 0 radical (unpaired) electrons. The fraction of sp³-hybridized carbons (Fsp3) is 0.600. The molecule has 0 saturated carbocycles. The zero-order chi connectivity index (χ0) is 7.28. The molecule has 4 heteroatoms. The van der Waals surface area contributed by atoms with Gasteiger partial charge in [-0.25, -0.2) is 0 Å². The summed E-state index contributed by atoms with van der Waals surface area (Å²) < 4.78 is 5.11. The number of carbonyl (C=O) groups excluding carboxylic acids is 1. The maximum Gasteiger partial charge on any atom is 0.591 e. The first-order chi connectivity index (χ1) is 4.22. The van der Waals surface area contributed by atoms with Gasteiger partial charge in [-0.1, -0.05) is 0 Å². The van der Waals surface area contributed by atoms with E-state index in [9.17, 15) is 4.79 Å². The first-order valence-corrected chi connectivity index (χ1v) is 2.69. The minimum Gasteiger partial charge on any atom is -0.443 e. The fourth-order valence-corrected chi connectivity index (χ4v) is 0.298. The van der Waals surface area contributed by atoms with Crippen molar-refractivity contribution in [1.29, 1.82) is 0 Å². The highest BCUT2D eigenvalue weighted by Gasteiger charge is 2.06. The number of hydrogen-bond acceptors (Lipinski definition) is 2. The Labute approximate surface area is 53.9 Å². The summed E-state index contributed by atoms with van der Waals surface area (Å²) in [6, 6.07) is 0. The van der Waals surface area contributed by atoms with Gasteiger partial charge in [0.1, 0.15) is 6.21 Å². The summed E-state index contributed by atoms with van der Waals surface area (Å²) >= 11 is 0. The molecule has 0 aromatic heterocycles. The van der Waals surface area contributed by atoms with Gasteiger partial charge in [0.05, 0.1) is 6.61 Å². The van der Waals surface area contributed by atoms with Crippen molar-refractivity contribution >= 4 is 12.3 Å². The minimum atomic E-state index is -0.639. The average molecular weight is 130 g/mol. The molecule has 0 aromatic rings. The molecule has 0 spiro atoms. The van der Waals surface area contributed by atoms with E-state index in [-0.39, 0.29) is 0 Å². The summed E-state index contributed by atoms with van der Waals surface area (Å²) in [7, 11) is 0. The van der Waals surface area contributed by atoms with Crippen molar-refractivity contribution < 1.29 is 14.2 Å². The van der Waals surface area contributed by atoms with Gasteiger partial charge in [-0.15, -0.1) is 0 Å². The zero-order valence-electron chi connectivity index (χ0n) is 5.55. The quantitative estimate of drug-likeness (QED) is 0.304. The molecule has 0 atom stereocenters. The molecule has 1 amide bonds. The van der Waals surface area contributed by atoms with E-state index < -0.39 is 6.09 Å². The van der Waals surface area contributed by atoms with Crippen LogP contribution in [0.25, 0.3) is 5.84 Å². The van der Waals surface area contributed by atoms with Crippen LogP contribution in [0.1, 0.15) is 13.8 Å². The van der Waals surface area contributed by atoms with Crippen LogP contribution in [0.3, 0.4) is 0 Å². The maximum atomic E-state index is 10.5. The second kappa shape index (κ2) is 3.88. The van der Waals surface area contributed by atoms with Gasteiger partial charge in [0.15, 0.2) is 0 Å². The van der Waals surface area contributed by atoms with Crippen LogP contribution in [0.4, 0.5) is 4.79 Å². The van der Waals surface area contributed by atoms with Gasteiger partial charge in [0, 0.05) is 6.92 Å². The summed E-state index contributed by atoms with van der Waals surface area (Å²) in [4.78, 5) is 10.5. The van der Waals surface area contributed by atoms with Crippen LogP contribution in [0.2, 0.25) is 0 Å². The molecule has 0 aliphatic rings. The molecule has 0 unspecified atom stereocenters. The lowest BCUT2D eigenvalue weighted by molar-refractivity contribution is -0.369. The molecule has 0 aliphatic carbocycles. The lowest BCUT2D eigenvalue weighted by Crippen LogP contribution is -2.14. The minimum absolute atomic E-state index is 0.308. The molecule has 0 bridgehead atoms. The summed E-state index contributed by atoms with van der Waals surface area (Å²) in [5, 5.41) is 0. The topological polar surface area (TPSA) is 53.1 Å². The highest BCUT2D eigenvalue weighted by molar-refractivity contribution is 5.64. The predicted octanol–water partition coefficient (Wildman–Crippen LogP) is 1.21. The summed E-state index contributed by atoms with van der Waals surface area (Å²) in [5.74, 6) is 6.83. The predicted molar refractivity (Wildman–Crippen MR) is 33.3 cm³/mol. The third-order valence-corrected chi connectivity index (χ3v) is 0.723. The number of rotatable bonds is 1. The average Bonchev–Trinajstić information content (AvgIpc) is 1.87. The second-order valence-electron chi connectivity index (χ2n) is 1.33. The lowest BCUT2D eigenvalue weighted by Gasteiger charge is -1.97. The van der Waals surface area contributed by atoms with Gasteiger partial charge in [0.25, 0.3) is 0 Å². The molecule has 1 N–H and O–H groups in total. The van der Waals surface area contributed by atoms with Crippen LogP contribution in [0.15, 0.2) is 0 Å². The molecule has 52 valence electrons. The van der Waals surface area contributed by atoms with Gasteiger partial charge in [-0.05, 0) is 6.92 Å². The van der Waals surface area contributed by atoms with Gasteiger partial charge >= 0.3 is 6.09 Å². The molecule has 0 saturated heterocycles. The van der Waals surface area contributed by atoms with Crippen LogP contribution in [0.5, 0.6) is 0 Å². The maximum absolute atomic E-state index is 10.5. The Bertz CT molecular complexity index is 131. The Hall–Kier alpha value is -1.06. The van der Waals surface area contributed by atoms with E-state index in [1.165, 1.54) is 6.21 Å². The first kappa shape index (κ1) is 7.94. The van der Waals surface area contributed by atoms with Gasteiger partial charge in [-0.3, -0.25) is 0 Å². The highest BCUT2D eigenvalue weighted by atomic mass is 16.6. The normalized spacial score (nSPS) is 11.1. The van der Waals surface area contributed by atoms with Crippen LogP contribution >= 0.6 is 0 Å². The smallest absolute Gasteiger partial charge is 0.443 e. The van der Waals surface area contributed by atoms with E-state index in [0.29, 0.717) is 11.3 Å². The number of nitrogens with zero attached hydrogens (tertiary/aromatic N) is 1. The highest BCUT2D eigenvalue weighted by Crippen LogP contribution is 1.82. The Morgan fingerprint density at radius 2 is 2.44 bits per heavy atom. The molecule has 0 fully saturated rings. The van der Waals surface area contributed by atoms with E-state index in [1.54, 1.807) is 13.8 Å². The molecule has 0 rings (SSSR count). The Morgan fingerprint density at radius 3 is 2.78 bits per heavy atom. The van der Waals surface area contributed by atoms with Crippen molar-refractivity contribution in [2.45, 2.75) is 13.8 Å². The monoisotopic (exact) mass is 130 g/mol. The Morgan fingerprint density at radius 1 is 1.89 bits per heavy atom. The lowest BCUT2D eigenvalue weighted by atomic mass is 10.8. The summed E-state index contributed by atoms with van der Waals surface area (Å²) in [6.45, 7) is 3.59. The van der Waals surface area contributed by atoms with E-state index in [2.05, 4.69) is 4.74 Å². The second-order valence-corrected chi connectivity index (χ2v) is 1.33. The van der Waals surface area contributed by atoms with Crippen molar-refractivity contribution in [2.24, 2.45) is 0 Å². The molecule has 4 nitrogen and oxygen atoms in total. The summed E-state index contributed by atoms with van der Waals surface area (Å²) in [6.07, 6.45) is 0.679. The number of ether oxygens (including phenoxy) is 1.